The zero-order valence-corrected chi connectivity index (χ0v) is 15.4. The van der Waals surface area contributed by atoms with Crippen molar-refractivity contribution < 1.29 is 13.9 Å². The molecule has 0 bridgehead atoms. The van der Waals surface area contributed by atoms with Crippen LogP contribution in [0, 0.1) is 12.7 Å². The minimum Gasteiger partial charge on any atom is -0.457 e. The lowest BCUT2D eigenvalue weighted by Crippen LogP contribution is -2.14. The molecule has 4 aromatic rings. The van der Waals surface area contributed by atoms with Crippen LogP contribution < -0.4 is 10.1 Å². The third kappa shape index (κ3) is 4.27. The van der Waals surface area contributed by atoms with Gasteiger partial charge in [0.1, 0.15) is 23.1 Å². The van der Waals surface area contributed by atoms with Crippen molar-refractivity contribution >= 4 is 11.6 Å². The summed E-state index contributed by atoms with van der Waals surface area (Å²) in [5, 5.41) is 6.97. The van der Waals surface area contributed by atoms with Crippen molar-refractivity contribution in [2.45, 2.75) is 6.92 Å². The summed E-state index contributed by atoms with van der Waals surface area (Å²) >= 11 is 0. The van der Waals surface area contributed by atoms with Crippen LogP contribution in [0.4, 0.5) is 10.1 Å². The van der Waals surface area contributed by atoms with E-state index in [4.69, 9.17) is 4.74 Å². The summed E-state index contributed by atoms with van der Waals surface area (Å²) in [5.74, 6) is 1.04. The summed E-state index contributed by atoms with van der Waals surface area (Å²) < 4.78 is 20.3. The number of benzene rings is 2. The van der Waals surface area contributed by atoms with Crippen molar-refractivity contribution in [2.75, 3.05) is 5.32 Å². The topological polar surface area (TPSA) is 81.9 Å². The minimum atomic E-state index is -0.447. The van der Waals surface area contributed by atoms with Crippen molar-refractivity contribution in [1.82, 2.24) is 19.7 Å². The number of hydrogen-bond donors (Lipinski definition) is 1. The molecule has 0 aliphatic heterocycles. The molecule has 0 saturated heterocycles. The maximum absolute atomic E-state index is 13.1. The third-order valence-electron chi connectivity index (χ3n) is 4.04. The summed E-state index contributed by atoms with van der Waals surface area (Å²) in [4.78, 5) is 20.6. The molecule has 1 N–H and O–H groups in total. The highest BCUT2D eigenvalue weighted by Gasteiger charge is 2.15. The molecule has 0 aliphatic rings. The molecular weight excluding hydrogens is 373 g/mol. The molecule has 0 spiro atoms. The number of amides is 1. The zero-order chi connectivity index (χ0) is 20.2. The molecule has 0 saturated carbocycles. The van der Waals surface area contributed by atoms with Gasteiger partial charge in [-0.1, -0.05) is 0 Å². The van der Waals surface area contributed by atoms with Gasteiger partial charge in [-0.25, -0.2) is 14.1 Å². The van der Waals surface area contributed by atoms with Crippen LogP contribution in [0.2, 0.25) is 0 Å². The molecule has 4 rings (SSSR count). The fourth-order valence-electron chi connectivity index (χ4n) is 2.65. The maximum atomic E-state index is 13.1. The van der Waals surface area contributed by atoms with E-state index in [-0.39, 0.29) is 11.6 Å². The van der Waals surface area contributed by atoms with Crippen LogP contribution in [0.5, 0.6) is 11.5 Å². The van der Waals surface area contributed by atoms with Crippen molar-refractivity contribution in [3.05, 3.63) is 90.5 Å². The predicted octanol–water partition coefficient (Wildman–Crippen LogP) is 4.15. The summed E-state index contributed by atoms with van der Waals surface area (Å²) in [6, 6.07) is 16.2. The first-order valence-electron chi connectivity index (χ1n) is 8.77. The number of pyridine rings is 1. The molecule has 7 nitrogen and oxygen atoms in total. The summed E-state index contributed by atoms with van der Waals surface area (Å²) in [6.07, 6.45) is 3.29. The van der Waals surface area contributed by atoms with E-state index in [9.17, 15) is 9.18 Å². The van der Waals surface area contributed by atoms with Gasteiger partial charge in [-0.05, 0) is 67.6 Å². The normalized spacial score (nSPS) is 10.6. The first-order valence-corrected chi connectivity index (χ1v) is 8.77. The van der Waals surface area contributed by atoms with Crippen molar-refractivity contribution in [2.24, 2.45) is 0 Å². The van der Waals surface area contributed by atoms with E-state index >= 15 is 0 Å². The van der Waals surface area contributed by atoms with E-state index in [0.29, 0.717) is 28.7 Å². The van der Waals surface area contributed by atoms with Gasteiger partial charge in [0.15, 0.2) is 0 Å². The largest absolute Gasteiger partial charge is 0.457 e. The summed E-state index contributed by atoms with van der Waals surface area (Å²) in [7, 11) is 0. The molecular formula is C21H16FN5O2. The monoisotopic (exact) mass is 389 g/mol. The smallest absolute Gasteiger partial charge is 0.295 e. The van der Waals surface area contributed by atoms with Gasteiger partial charge in [-0.3, -0.25) is 9.78 Å². The Bertz CT molecular complexity index is 1130. The Hall–Kier alpha value is -4.07. The number of carbonyl (C=O) groups is 1. The van der Waals surface area contributed by atoms with E-state index in [0.717, 1.165) is 0 Å². The number of ether oxygens (including phenoxy) is 1. The Morgan fingerprint density at radius 2 is 1.62 bits per heavy atom. The van der Waals surface area contributed by atoms with Crippen LogP contribution in [0.1, 0.15) is 16.4 Å². The molecule has 0 aliphatic carbocycles. The van der Waals surface area contributed by atoms with E-state index in [2.05, 4.69) is 20.4 Å². The van der Waals surface area contributed by atoms with E-state index in [1.54, 1.807) is 67.8 Å². The van der Waals surface area contributed by atoms with Crippen molar-refractivity contribution in [3.63, 3.8) is 0 Å². The zero-order valence-electron chi connectivity index (χ0n) is 15.4. The molecule has 2 heterocycles. The number of aryl methyl sites for hydroxylation is 1. The average Bonchev–Trinajstić information content (AvgIpc) is 3.13. The third-order valence-corrected chi connectivity index (χ3v) is 4.04. The first-order chi connectivity index (χ1) is 14.1. The Labute approximate surface area is 165 Å². The van der Waals surface area contributed by atoms with Crippen LogP contribution in [0.15, 0.2) is 73.1 Å². The van der Waals surface area contributed by atoms with E-state index in [1.807, 2.05) is 0 Å². The number of hydrogen-bond acceptors (Lipinski definition) is 5. The molecule has 1 amide bonds. The van der Waals surface area contributed by atoms with Gasteiger partial charge in [-0.15, -0.1) is 5.10 Å². The Morgan fingerprint density at radius 1 is 0.966 bits per heavy atom. The molecule has 8 heteroatoms. The standard InChI is InChI=1S/C21H16FN5O2/c1-14-24-20(26-27(14)17-6-2-15(22)3-7-17)21(28)25-16-4-8-18(9-5-16)29-19-10-12-23-13-11-19/h2-13H,1H3,(H,25,28). The predicted molar refractivity (Wildman–Crippen MR) is 105 cm³/mol. The Balaban J connectivity index is 1.45. The van der Waals surface area contributed by atoms with Crippen LogP contribution >= 0.6 is 0 Å². The lowest BCUT2D eigenvalue weighted by Gasteiger charge is -2.07. The SMILES string of the molecule is Cc1nc(C(=O)Nc2ccc(Oc3ccncc3)cc2)nn1-c1ccc(F)cc1. The van der Waals surface area contributed by atoms with Gasteiger partial charge in [0.05, 0.1) is 5.69 Å². The number of aromatic nitrogens is 4. The first kappa shape index (κ1) is 18.3. The molecule has 2 aromatic carbocycles. The Kier molecular flexibility index (Phi) is 4.98. The number of anilines is 1. The second-order valence-electron chi connectivity index (χ2n) is 6.13. The lowest BCUT2D eigenvalue weighted by atomic mass is 10.3. The second-order valence-corrected chi connectivity index (χ2v) is 6.13. The van der Waals surface area contributed by atoms with E-state index < -0.39 is 5.91 Å². The van der Waals surface area contributed by atoms with Gasteiger partial charge < -0.3 is 10.1 Å². The highest BCUT2D eigenvalue weighted by molar-refractivity contribution is 6.01. The van der Waals surface area contributed by atoms with Gasteiger partial charge in [-0.2, -0.15) is 0 Å². The number of halogens is 1. The second kappa shape index (κ2) is 7.89. The maximum Gasteiger partial charge on any atom is 0.295 e. The molecule has 29 heavy (non-hydrogen) atoms. The molecule has 0 unspecified atom stereocenters. The number of rotatable bonds is 5. The number of nitrogens with zero attached hydrogens (tertiary/aromatic N) is 4. The molecule has 2 aromatic heterocycles. The van der Waals surface area contributed by atoms with Gasteiger partial charge in [0.25, 0.3) is 5.91 Å². The minimum absolute atomic E-state index is 0.0175. The van der Waals surface area contributed by atoms with Crippen LogP contribution in [0.3, 0.4) is 0 Å². The van der Waals surface area contributed by atoms with Gasteiger partial charge >= 0.3 is 0 Å². The van der Waals surface area contributed by atoms with Crippen LogP contribution in [0.25, 0.3) is 5.69 Å². The van der Waals surface area contributed by atoms with Crippen molar-refractivity contribution in [3.8, 4) is 17.2 Å². The van der Waals surface area contributed by atoms with Crippen LogP contribution in [-0.2, 0) is 0 Å². The number of nitrogens with one attached hydrogen (secondary N) is 1. The lowest BCUT2D eigenvalue weighted by molar-refractivity contribution is 0.101. The average molecular weight is 389 g/mol. The Morgan fingerprint density at radius 3 is 2.31 bits per heavy atom. The molecule has 144 valence electrons. The molecule has 0 fully saturated rings. The van der Waals surface area contributed by atoms with E-state index in [1.165, 1.54) is 16.8 Å². The summed E-state index contributed by atoms with van der Waals surface area (Å²) in [5.41, 5.74) is 1.20. The van der Waals surface area contributed by atoms with Gasteiger partial charge in [0.2, 0.25) is 5.82 Å². The highest BCUT2D eigenvalue weighted by atomic mass is 19.1. The van der Waals surface area contributed by atoms with Crippen molar-refractivity contribution in [1.29, 1.82) is 0 Å². The van der Waals surface area contributed by atoms with Crippen LogP contribution in [-0.4, -0.2) is 25.7 Å². The molecule has 0 atom stereocenters. The fraction of sp³-hybridized carbons (Fsp3) is 0.0476. The molecule has 0 radical (unpaired) electrons. The fourth-order valence-corrected chi connectivity index (χ4v) is 2.65. The summed E-state index contributed by atoms with van der Waals surface area (Å²) in [6.45, 7) is 1.72. The highest BCUT2D eigenvalue weighted by Crippen LogP contribution is 2.22. The quantitative estimate of drug-likeness (QED) is 0.554. The number of carbonyl (C=O) groups excluding carboxylic acids is 1. The van der Waals surface area contributed by atoms with Gasteiger partial charge in [0, 0.05) is 18.1 Å².